The molecule has 1 atom stereocenters. The van der Waals surface area contributed by atoms with Gasteiger partial charge in [-0.05, 0) is 97.1 Å². The Balaban J connectivity index is 0.000000219. The normalized spacial score (nSPS) is 19.8. The van der Waals surface area contributed by atoms with Crippen molar-refractivity contribution in [3.05, 3.63) is 93.7 Å². The summed E-state index contributed by atoms with van der Waals surface area (Å²) >= 11 is 6.27. The Morgan fingerprint density at radius 1 is 1.12 bits per heavy atom. The number of rotatable bonds is 2. The molecule has 1 unspecified atom stereocenters. The number of piperidine rings is 1. The fourth-order valence-electron chi connectivity index (χ4n) is 4.82. The molecule has 0 spiro atoms. The number of hydrogen-bond donors (Lipinski definition) is 2. The van der Waals surface area contributed by atoms with Crippen LogP contribution in [0.25, 0.3) is 5.57 Å². The van der Waals surface area contributed by atoms with Crippen molar-refractivity contribution in [3.63, 3.8) is 0 Å². The average Bonchev–Trinajstić information content (AvgIpc) is 2.97. The molecule has 1 fully saturated rings. The molecule has 4 nitrogen and oxygen atoms in total. The molecule has 2 aliphatic heterocycles. The highest BCUT2D eigenvalue weighted by molar-refractivity contribution is 6.30. The predicted molar refractivity (Wildman–Crippen MR) is 135 cm³/mol. The lowest BCUT2D eigenvalue weighted by Crippen LogP contribution is -2.33. The van der Waals surface area contributed by atoms with E-state index in [-0.39, 0.29) is 5.75 Å². The molecule has 2 N–H and O–H groups in total. The zero-order valence-electron chi connectivity index (χ0n) is 19.1. The molecule has 0 amide bonds. The van der Waals surface area contributed by atoms with Gasteiger partial charge in [0.2, 0.25) is 0 Å². The van der Waals surface area contributed by atoms with Crippen LogP contribution in [-0.4, -0.2) is 42.5 Å². The zero-order chi connectivity index (χ0) is 23.2. The van der Waals surface area contributed by atoms with Crippen molar-refractivity contribution < 1.29 is 9.90 Å². The highest BCUT2D eigenvalue weighted by atomic mass is 35.5. The van der Waals surface area contributed by atoms with Crippen LogP contribution < -0.4 is 5.32 Å². The van der Waals surface area contributed by atoms with Crippen molar-refractivity contribution in [2.45, 2.75) is 38.1 Å². The Hall–Kier alpha value is -2.82. The molecule has 2 aromatic rings. The molecule has 5 heteroatoms. The van der Waals surface area contributed by atoms with Crippen molar-refractivity contribution in [2.24, 2.45) is 0 Å². The largest absolute Gasteiger partial charge is 0.508 e. The molecule has 1 aliphatic carbocycles. The van der Waals surface area contributed by atoms with E-state index in [0.29, 0.717) is 12.5 Å². The number of carbonyl (C=O) groups is 1. The summed E-state index contributed by atoms with van der Waals surface area (Å²) in [5.41, 5.74) is 8.28. The third-order valence-corrected chi connectivity index (χ3v) is 6.81. The van der Waals surface area contributed by atoms with Crippen molar-refractivity contribution >= 4 is 23.5 Å². The van der Waals surface area contributed by atoms with Crippen LogP contribution in [0.4, 0.5) is 0 Å². The number of carbonyl (C=O) groups excluding carboxylic acids is 1. The number of fused-ring (bicyclic) bond motifs is 2. The highest BCUT2D eigenvalue weighted by Crippen LogP contribution is 2.39. The molecule has 0 saturated carbocycles. The molecular weight excluding hydrogens is 432 g/mol. The molecule has 1 saturated heterocycles. The summed E-state index contributed by atoms with van der Waals surface area (Å²) in [4.78, 5) is 12.4. The molecule has 3 aliphatic rings. The van der Waals surface area contributed by atoms with Gasteiger partial charge >= 0.3 is 0 Å². The van der Waals surface area contributed by atoms with E-state index in [4.69, 9.17) is 16.7 Å². The van der Waals surface area contributed by atoms with Crippen molar-refractivity contribution in [1.29, 1.82) is 0 Å². The van der Waals surface area contributed by atoms with Crippen LogP contribution >= 0.6 is 11.6 Å². The number of phenols is 1. The van der Waals surface area contributed by atoms with Gasteiger partial charge < -0.3 is 20.1 Å². The number of hydrogen-bond acceptors (Lipinski definition) is 4. The standard InChI is InChI=1S/C20H23ClN2.C8H8O2/c1-23-11-8-14(9-12-23)19-18-7-6-17(21)13-16(18)5-4-15-3-2-10-22-20(15)19;9-5-4-7-2-1-3-8(10)6-7/h2-3,6-7,10,13,20,22H,4-5,8-9,11-12H2,1H3;1-3,5-6,10H,4H2. The first-order chi connectivity index (χ1) is 16.0. The zero-order valence-corrected chi connectivity index (χ0v) is 19.8. The number of aromatic hydroxyl groups is 1. The first-order valence-electron chi connectivity index (χ1n) is 11.6. The molecule has 2 aromatic carbocycles. The van der Waals surface area contributed by atoms with Gasteiger partial charge in [0.1, 0.15) is 12.0 Å². The number of nitrogens with zero attached hydrogens (tertiary/aromatic N) is 1. The van der Waals surface area contributed by atoms with Crippen molar-refractivity contribution in [1.82, 2.24) is 10.2 Å². The molecule has 5 rings (SSSR count). The molecule has 33 heavy (non-hydrogen) atoms. The average molecular weight is 463 g/mol. The second-order valence-corrected chi connectivity index (χ2v) is 9.30. The van der Waals surface area contributed by atoms with Gasteiger partial charge in [-0.25, -0.2) is 0 Å². The number of benzene rings is 2. The van der Waals surface area contributed by atoms with E-state index in [0.717, 1.165) is 42.8 Å². The molecule has 0 bridgehead atoms. The first-order valence-corrected chi connectivity index (χ1v) is 12.0. The van der Waals surface area contributed by atoms with Crippen molar-refractivity contribution in [3.8, 4) is 5.75 Å². The van der Waals surface area contributed by atoms with Gasteiger partial charge in [-0.3, -0.25) is 0 Å². The Morgan fingerprint density at radius 2 is 1.94 bits per heavy atom. The first kappa shape index (κ1) is 23.3. The molecular formula is C28H31ClN2O2. The van der Waals surface area contributed by atoms with Gasteiger partial charge in [-0.1, -0.05) is 41.4 Å². The minimum Gasteiger partial charge on any atom is -0.508 e. The summed E-state index contributed by atoms with van der Waals surface area (Å²) in [6.07, 6.45) is 12.2. The fourth-order valence-corrected chi connectivity index (χ4v) is 5.02. The number of aryl methyl sites for hydroxylation is 1. The third-order valence-electron chi connectivity index (χ3n) is 6.57. The number of allylic oxidation sites excluding steroid dienone is 2. The van der Waals surface area contributed by atoms with Crippen LogP contribution in [0.3, 0.4) is 0 Å². The topological polar surface area (TPSA) is 52.6 Å². The summed E-state index contributed by atoms with van der Waals surface area (Å²) in [5, 5.41) is 13.4. The molecule has 0 radical (unpaired) electrons. The monoisotopic (exact) mass is 462 g/mol. The number of halogens is 1. The van der Waals surface area contributed by atoms with Crippen LogP contribution in [0.15, 0.2) is 72.0 Å². The van der Waals surface area contributed by atoms with Crippen LogP contribution in [0, 0.1) is 0 Å². The summed E-state index contributed by atoms with van der Waals surface area (Å²) in [5.74, 6) is 0.208. The van der Waals surface area contributed by atoms with E-state index in [9.17, 15) is 4.79 Å². The lowest BCUT2D eigenvalue weighted by Gasteiger charge is -2.31. The van der Waals surface area contributed by atoms with E-state index in [1.807, 2.05) is 6.07 Å². The smallest absolute Gasteiger partial charge is 0.124 e. The molecule has 172 valence electrons. The van der Waals surface area contributed by atoms with Gasteiger partial charge in [0.25, 0.3) is 0 Å². The Bertz CT molecular complexity index is 1090. The van der Waals surface area contributed by atoms with Crippen LogP contribution in [0.2, 0.25) is 5.02 Å². The quantitative estimate of drug-likeness (QED) is 0.594. The SMILES string of the molecule is CN1CCC(=C2c3ccc(Cl)cc3CCC3=CC=CNC32)CC1.O=CCc1cccc(O)c1. The number of dihydropyridines is 1. The third kappa shape index (κ3) is 5.76. The molecule has 2 heterocycles. The van der Waals surface area contributed by atoms with E-state index in [1.165, 1.54) is 35.1 Å². The summed E-state index contributed by atoms with van der Waals surface area (Å²) in [6.45, 7) is 2.31. The lowest BCUT2D eigenvalue weighted by molar-refractivity contribution is -0.107. The van der Waals surface area contributed by atoms with Gasteiger partial charge in [0.15, 0.2) is 0 Å². The van der Waals surface area contributed by atoms with Crippen LogP contribution in [0.1, 0.15) is 36.0 Å². The number of likely N-dealkylation sites (tertiary alicyclic amines) is 1. The van der Waals surface area contributed by atoms with E-state index >= 15 is 0 Å². The van der Waals surface area contributed by atoms with E-state index in [1.54, 1.807) is 29.8 Å². The van der Waals surface area contributed by atoms with Crippen molar-refractivity contribution in [2.75, 3.05) is 20.1 Å². The number of phenolic OH excluding ortho intramolecular Hbond substituents is 1. The minimum atomic E-state index is 0.208. The van der Waals surface area contributed by atoms with E-state index in [2.05, 4.69) is 47.7 Å². The summed E-state index contributed by atoms with van der Waals surface area (Å²) in [6, 6.07) is 13.5. The Kier molecular flexibility index (Phi) is 7.69. The fraction of sp³-hybridized carbons (Fsp3) is 0.321. The summed E-state index contributed by atoms with van der Waals surface area (Å²) < 4.78 is 0. The maximum Gasteiger partial charge on any atom is 0.124 e. The highest BCUT2D eigenvalue weighted by Gasteiger charge is 2.29. The molecule has 0 aromatic heterocycles. The Morgan fingerprint density at radius 3 is 2.70 bits per heavy atom. The second-order valence-electron chi connectivity index (χ2n) is 8.86. The Labute approximate surface area is 201 Å². The number of aldehydes is 1. The van der Waals surface area contributed by atoms with Crippen LogP contribution in [-0.2, 0) is 17.6 Å². The summed E-state index contributed by atoms with van der Waals surface area (Å²) in [7, 11) is 2.22. The predicted octanol–water partition coefficient (Wildman–Crippen LogP) is 5.31. The van der Waals surface area contributed by atoms with Crippen LogP contribution in [0.5, 0.6) is 5.75 Å². The van der Waals surface area contributed by atoms with Gasteiger partial charge in [-0.15, -0.1) is 0 Å². The number of nitrogens with one attached hydrogen (secondary N) is 1. The maximum absolute atomic E-state index is 10.0. The minimum absolute atomic E-state index is 0.208. The second kappa shape index (κ2) is 10.9. The lowest BCUT2D eigenvalue weighted by atomic mass is 9.85. The maximum atomic E-state index is 10.0. The van der Waals surface area contributed by atoms with Gasteiger partial charge in [0.05, 0.1) is 6.04 Å². The van der Waals surface area contributed by atoms with Gasteiger partial charge in [0, 0.05) is 24.5 Å². The van der Waals surface area contributed by atoms with Gasteiger partial charge in [-0.2, -0.15) is 0 Å². The van der Waals surface area contributed by atoms with E-state index < -0.39 is 0 Å².